The summed E-state index contributed by atoms with van der Waals surface area (Å²) in [5.74, 6) is -0.0289. The molecule has 0 radical (unpaired) electrons. The molecule has 2 heterocycles. The first kappa shape index (κ1) is 12.5. The van der Waals surface area contributed by atoms with Crippen LogP contribution >= 0.6 is 27.3 Å². The number of thiazole rings is 1. The number of aromatic hydroxyl groups is 1. The van der Waals surface area contributed by atoms with Crippen LogP contribution in [0.25, 0.3) is 10.9 Å². The molecule has 0 spiro atoms. The lowest BCUT2D eigenvalue weighted by Gasteiger charge is -2.00. The Balaban J connectivity index is 2.15. The van der Waals surface area contributed by atoms with Crippen molar-refractivity contribution >= 4 is 38.2 Å². The number of aromatic amines is 2. The average Bonchev–Trinajstić information content (AvgIpc) is 2.83. The molecule has 1 aromatic carbocycles. The zero-order valence-corrected chi connectivity index (χ0v) is 12.5. The normalized spacial score (nSPS) is 11.3. The van der Waals surface area contributed by atoms with E-state index in [4.69, 9.17) is 0 Å². The number of benzene rings is 1. The third kappa shape index (κ3) is 2.11. The van der Waals surface area contributed by atoms with Crippen molar-refractivity contribution in [2.45, 2.75) is 13.3 Å². The van der Waals surface area contributed by atoms with Crippen LogP contribution < -0.4 is 4.87 Å². The maximum atomic E-state index is 11.2. The van der Waals surface area contributed by atoms with E-state index in [1.54, 1.807) is 0 Å². The van der Waals surface area contributed by atoms with E-state index in [1.807, 2.05) is 25.1 Å². The van der Waals surface area contributed by atoms with Gasteiger partial charge in [-0.2, -0.15) is 0 Å². The molecule has 0 atom stereocenters. The van der Waals surface area contributed by atoms with Gasteiger partial charge in [0.15, 0.2) is 0 Å². The summed E-state index contributed by atoms with van der Waals surface area (Å²) in [4.78, 5) is 17.4. The topological polar surface area (TPSA) is 68.9 Å². The molecule has 0 aliphatic carbocycles. The molecular formula is C13H11BrN2O2S. The molecule has 0 aliphatic heterocycles. The Morgan fingerprint density at radius 1 is 1.37 bits per heavy atom. The molecule has 0 bridgehead atoms. The number of fused-ring (bicyclic) bond motifs is 1. The van der Waals surface area contributed by atoms with Gasteiger partial charge in [-0.25, -0.2) is 0 Å². The van der Waals surface area contributed by atoms with Gasteiger partial charge in [0.05, 0.1) is 10.4 Å². The van der Waals surface area contributed by atoms with Crippen LogP contribution in [0.1, 0.15) is 16.1 Å². The molecule has 0 aliphatic rings. The van der Waals surface area contributed by atoms with Crippen molar-refractivity contribution in [2.75, 3.05) is 0 Å². The quantitative estimate of drug-likeness (QED) is 0.671. The molecule has 2 aromatic heterocycles. The fourth-order valence-corrected chi connectivity index (χ4v) is 3.43. The highest BCUT2D eigenvalue weighted by Crippen LogP contribution is 2.31. The smallest absolute Gasteiger partial charge is 0.307 e. The van der Waals surface area contributed by atoms with Crippen LogP contribution in [-0.4, -0.2) is 15.1 Å². The summed E-state index contributed by atoms with van der Waals surface area (Å²) in [6.07, 6.45) is 0.539. The van der Waals surface area contributed by atoms with Gasteiger partial charge in [0, 0.05) is 22.0 Å². The Bertz CT molecular complexity index is 816. The van der Waals surface area contributed by atoms with E-state index in [0.717, 1.165) is 38.0 Å². The summed E-state index contributed by atoms with van der Waals surface area (Å²) in [6, 6.07) is 5.99. The average molecular weight is 339 g/mol. The molecule has 3 aromatic rings. The number of aryl methyl sites for hydroxylation is 1. The van der Waals surface area contributed by atoms with Gasteiger partial charge in [0.2, 0.25) is 5.88 Å². The fourth-order valence-electron chi connectivity index (χ4n) is 2.23. The van der Waals surface area contributed by atoms with Crippen molar-refractivity contribution in [1.29, 1.82) is 0 Å². The van der Waals surface area contributed by atoms with Gasteiger partial charge in [0.1, 0.15) is 0 Å². The number of hydrogen-bond donors (Lipinski definition) is 3. The summed E-state index contributed by atoms with van der Waals surface area (Å²) in [7, 11) is 0. The van der Waals surface area contributed by atoms with E-state index in [-0.39, 0.29) is 10.8 Å². The maximum Gasteiger partial charge on any atom is 0.307 e. The summed E-state index contributed by atoms with van der Waals surface area (Å²) < 4.78 is 1.01. The first-order valence-electron chi connectivity index (χ1n) is 5.73. The minimum atomic E-state index is -0.230. The second kappa shape index (κ2) is 4.54. The van der Waals surface area contributed by atoms with Gasteiger partial charge < -0.3 is 10.1 Å². The first-order chi connectivity index (χ1) is 9.06. The van der Waals surface area contributed by atoms with E-state index >= 15 is 0 Å². The van der Waals surface area contributed by atoms with Crippen LogP contribution in [0.3, 0.4) is 0 Å². The van der Waals surface area contributed by atoms with Crippen LogP contribution in [0.4, 0.5) is 0 Å². The fraction of sp³-hybridized carbons (Fsp3) is 0.154. The highest BCUT2D eigenvalue weighted by atomic mass is 79.9. The number of H-pyrrole nitrogens is 2. The Hall–Kier alpha value is -1.53. The molecule has 98 valence electrons. The monoisotopic (exact) mass is 338 g/mol. The van der Waals surface area contributed by atoms with Crippen LogP contribution in [0.5, 0.6) is 5.88 Å². The Morgan fingerprint density at radius 3 is 2.84 bits per heavy atom. The second-order valence-corrected chi connectivity index (χ2v) is 6.28. The Morgan fingerprint density at radius 2 is 2.16 bits per heavy atom. The molecule has 19 heavy (non-hydrogen) atoms. The van der Waals surface area contributed by atoms with Crippen molar-refractivity contribution in [3.63, 3.8) is 0 Å². The van der Waals surface area contributed by atoms with Crippen LogP contribution in [0.15, 0.2) is 27.5 Å². The number of nitrogens with one attached hydrogen (secondary N) is 2. The lowest BCUT2D eigenvalue weighted by molar-refractivity contribution is 0.451. The van der Waals surface area contributed by atoms with E-state index < -0.39 is 0 Å². The van der Waals surface area contributed by atoms with Crippen molar-refractivity contribution in [1.82, 2.24) is 9.97 Å². The largest absolute Gasteiger partial charge is 0.494 e. The minimum Gasteiger partial charge on any atom is -0.494 e. The SMILES string of the molecule is Cc1[nH]c2c(Br)cccc2c1Cc1sc(=O)[nH]c1O. The summed E-state index contributed by atoms with van der Waals surface area (Å²) >= 11 is 4.56. The van der Waals surface area contributed by atoms with Crippen molar-refractivity contribution < 1.29 is 5.11 Å². The van der Waals surface area contributed by atoms with Gasteiger partial charge in [-0.1, -0.05) is 23.5 Å². The molecule has 6 heteroatoms. The predicted octanol–water partition coefficient (Wildman–Crippen LogP) is 3.29. The zero-order valence-electron chi connectivity index (χ0n) is 10.1. The molecule has 0 saturated carbocycles. The number of hydrogen-bond acceptors (Lipinski definition) is 3. The predicted molar refractivity (Wildman–Crippen MR) is 80.1 cm³/mol. The van der Waals surface area contributed by atoms with Crippen LogP contribution in [-0.2, 0) is 6.42 Å². The number of aromatic nitrogens is 2. The number of para-hydroxylation sites is 1. The van der Waals surface area contributed by atoms with Gasteiger partial charge in [0.25, 0.3) is 0 Å². The molecule has 0 saturated heterocycles. The second-order valence-electron chi connectivity index (χ2n) is 4.35. The lowest BCUT2D eigenvalue weighted by atomic mass is 10.1. The Kier molecular flexibility index (Phi) is 2.99. The van der Waals surface area contributed by atoms with Crippen molar-refractivity contribution in [3.05, 3.63) is 48.5 Å². The van der Waals surface area contributed by atoms with E-state index in [9.17, 15) is 9.90 Å². The molecule has 3 rings (SSSR count). The van der Waals surface area contributed by atoms with Gasteiger partial charge in [-0.05, 0) is 34.5 Å². The molecular weight excluding hydrogens is 328 g/mol. The van der Waals surface area contributed by atoms with E-state index in [1.165, 1.54) is 0 Å². The van der Waals surface area contributed by atoms with Gasteiger partial charge in [-0.3, -0.25) is 9.78 Å². The minimum absolute atomic E-state index is 0.0289. The molecule has 0 amide bonds. The third-order valence-electron chi connectivity index (χ3n) is 3.14. The highest BCUT2D eigenvalue weighted by molar-refractivity contribution is 9.10. The molecule has 3 N–H and O–H groups in total. The third-order valence-corrected chi connectivity index (χ3v) is 4.67. The Labute approximate surface area is 121 Å². The summed E-state index contributed by atoms with van der Waals surface area (Å²) in [6.45, 7) is 1.99. The lowest BCUT2D eigenvalue weighted by Crippen LogP contribution is -1.89. The molecule has 0 fully saturated rings. The maximum absolute atomic E-state index is 11.2. The number of halogens is 1. The molecule has 0 unspecified atom stereocenters. The van der Waals surface area contributed by atoms with Gasteiger partial charge >= 0.3 is 4.87 Å². The summed E-state index contributed by atoms with van der Waals surface area (Å²) in [5, 5.41) is 10.8. The van der Waals surface area contributed by atoms with E-state index in [0.29, 0.717) is 11.3 Å². The zero-order chi connectivity index (χ0) is 13.6. The molecule has 4 nitrogen and oxygen atoms in total. The number of rotatable bonds is 2. The van der Waals surface area contributed by atoms with Crippen molar-refractivity contribution in [2.24, 2.45) is 0 Å². The summed E-state index contributed by atoms with van der Waals surface area (Å²) in [5.41, 5.74) is 3.18. The van der Waals surface area contributed by atoms with E-state index in [2.05, 4.69) is 25.9 Å². The van der Waals surface area contributed by atoms with Crippen molar-refractivity contribution in [3.8, 4) is 5.88 Å². The first-order valence-corrected chi connectivity index (χ1v) is 7.34. The highest BCUT2D eigenvalue weighted by Gasteiger charge is 2.14. The standard InChI is InChI=1S/C13H11BrN2O2S/c1-6-8(5-10-12(17)16-13(18)19-10)7-3-2-4-9(14)11(7)15-6/h2-4,15,17H,5H2,1H3,(H,16,18). The van der Waals surface area contributed by atoms with Crippen LogP contribution in [0.2, 0.25) is 0 Å². The van der Waals surface area contributed by atoms with Crippen LogP contribution in [0, 0.1) is 6.92 Å². The van der Waals surface area contributed by atoms with Gasteiger partial charge in [-0.15, -0.1) is 0 Å².